The second kappa shape index (κ2) is 9.27. The molecular weight excluding hydrogens is 477 g/mol. The van der Waals surface area contributed by atoms with Crippen molar-refractivity contribution in [3.8, 4) is 22.6 Å². The number of amides is 1. The average Bonchev–Trinajstić information content (AvgIpc) is 3.47. The number of thioether (sulfide) groups is 1. The molecule has 11 heteroatoms. The number of rotatable bonds is 7. The fourth-order valence-electron chi connectivity index (χ4n) is 3.47. The number of aromatic nitrogens is 4. The lowest BCUT2D eigenvalue weighted by Crippen LogP contribution is -2.14. The molecule has 3 heterocycles. The van der Waals surface area contributed by atoms with Crippen molar-refractivity contribution in [2.24, 2.45) is 0 Å². The molecule has 3 aromatic heterocycles. The maximum Gasteiger partial charge on any atom is 0.234 e. The number of carbonyl (C=O) groups is 1. The minimum Gasteiger partial charge on any atom is -0.497 e. The topological polar surface area (TPSA) is 90.6 Å². The van der Waals surface area contributed by atoms with E-state index in [1.807, 2.05) is 5.38 Å². The second-order valence-electron chi connectivity index (χ2n) is 7.20. The van der Waals surface area contributed by atoms with Crippen LogP contribution in [0.1, 0.15) is 0 Å². The Labute approximate surface area is 201 Å². The zero-order valence-electron chi connectivity index (χ0n) is 18.1. The van der Waals surface area contributed by atoms with Crippen molar-refractivity contribution in [2.45, 2.75) is 5.16 Å². The summed E-state index contributed by atoms with van der Waals surface area (Å²) in [4.78, 5) is 17.9. The molecule has 0 saturated heterocycles. The molecule has 0 spiro atoms. The van der Waals surface area contributed by atoms with Gasteiger partial charge in [-0.3, -0.25) is 9.20 Å². The lowest BCUT2D eigenvalue weighted by atomic mass is 10.1. The predicted octanol–water partition coefficient (Wildman–Crippen LogP) is 4.89. The number of halogens is 1. The molecule has 0 unspecified atom stereocenters. The smallest absolute Gasteiger partial charge is 0.234 e. The fraction of sp³-hybridized carbons (Fsp3) is 0.130. The van der Waals surface area contributed by atoms with Crippen molar-refractivity contribution in [3.63, 3.8) is 0 Å². The molecule has 8 nitrogen and oxygen atoms in total. The van der Waals surface area contributed by atoms with E-state index in [1.165, 1.54) is 35.2 Å². The first-order valence-electron chi connectivity index (χ1n) is 10.1. The van der Waals surface area contributed by atoms with E-state index >= 15 is 0 Å². The first-order valence-corrected chi connectivity index (χ1v) is 11.9. The van der Waals surface area contributed by atoms with Gasteiger partial charge in [0.05, 0.1) is 25.4 Å². The van der Waals surface area contributed by atoms with Crippen molar-refractivity contribution >= 4 is 50.6 Å². The summed E-state index contributed by atoms with van der Waals surface area (Å²) in [5, 5.41) is 14.8. The van der Waals surface area contributed by atoms with Crippen LogP contribution in [0.5, 0.6) is 11.5 Å². The van der Waals surface area contributed by atoms with E-state index < -0.39 is 0 Å². The molecule has 0 bridgehead atoms. The third-order valence-corrected chi connectivity index (χ3v) is 6.90. The van der Waals surface area contributed by atoms with Crippen molar-refractivity contribution in [2.75, 3.05) is 25.3 Å². The van der Waals surface area contributed by atoms with Crippen molar-refractivity contribution < 1.29 is 18.7 Å². The van der Waals surface area contributed by atoms with Gasteiger partial charge in [-0.1, -0.05) is 23.9 Å². The predicted molar refractivity (Wildman–Crippen MR) is 130 cm³/mol. The van der Waals surface area contributed by atoms with Crippen LogP contribution in [0.4, 0.5) is 10.1 Å². The Balaban J connectivity index is 1.38. The zero-order chi connectivity index (χ0) is 23.7. The van der Waals surface area contributed by atoms with Gasteiger partial charge >= 0.3 is 0 Å². The third kappa shape index (κ3) is 4.27. The van der Waals surface area contributed by atoms with Gasteiger partial charge in [0.2, 0.25) is 5.91 Å². The molecule has 0 fully saturated rings. The van der Waals surface area contributed by atoms with Crippen molar-refractivity contribution in [1.29, 1.82) is 0 Å². The fourth-order valence-corrected chi connectivity index (χ4v) is 5.08. The molecule has 5 rings (SSSR count). The normalized spacial score (nSPS) is 11.1. The lowest BCUT2D eigenvalue weighted by Gasteiger charge is -2.09. The standard InChI is InChI=1S/C23H18FN5O3S2/c1-31-16-7-15(8-17(9-16)32-2)26-19(30)11-34-23-28-27-21-20-18(13-3-5-14(24)6-4-13)10-33-22(20)25-12-29(21)23/h3-10,12H,11H2,1-2H3,(H,26,30). The molecule has 34 heavy (non-hydrogen) atoms. The highest BCUT2D eigenvalue weighted by molar-refractivity contribution is 7.99. The molecule has 172 valence electrons. The highest BCUT2D eigenvalue weighted by atomic mass is 32.2. The summed E-state index contributed by atoms with van der Waals surface area (Å²) in [6.45, 7) is 0. The number of thiophene rings is 1. The Hall–Kier alpha value is -3.70. The van der Waals surface area contributed by atoms with Crippen LogP contribution in [0, 0.1) is 5.82 Å². The van der Waals surface area contributed by atoms with E-state index in [-0.39, 0.29) is 17.5 Å². The van der Waals surface area contributed by atoms with E-state index in [1.54, 1.807) is 55.3 Å². The van der Waals surface area contributed by atoms with Crippen LogP contribution in [0.3, 0.4) is 0 Å². The van der Waals surface area contributed by atoms with Gasteiger partial charge in [0, 0.05) is 34.8 Å². The SMILES string of the molecule is COc1cc(NC(=O)CSc2nnc3c4c(-c5ccc(F)cc5)csc4ncn23)cc(OC)c1. The lowest BCUT2D eigenvalue weighted by molar-refractivity contribution is -0.113. The number of hydrogen-bond donors (Lipinski definition) is 1. The van der Waals surface area contributed by atoms with E-state index in [0.717, 1.165) is 21.3 Å². The second-order valence-corrected chi connectivity index (χ2v) is 9.00. The molecule has 0 saturated carbocycles. The van der Waals surface area contributed by atoms with Crippen LogP contribution in [0.15, 0.2) is 59.3 Å². The van der Waals surface area contributed by atoms with Gasteiger partial charge in [0.25, 0.3) is 0 Å². The highest BCUT2D eigenvalue weighted by Crippen LogP contribution is 2.36. The van der Waals surface area contributed by atoms with Gasteiger partial charge in [-0.2, -0.15) is 0 Å². The minimum absolute atomic E-state index is 0.118. The molecule has 0 atom stereocenters. The van der Waals surface area contributed by atoms with Gasteiger partial charge in [-0.25, -0.2) is 9.37 Å². The van der Waals surface area contributed by atoms with Crippen LogP contribution >= 0.6 is 23.1 Å². The van der Waals surface area contributed by atoms with E-state index in [0.29, 0.717) is 28.0 Å². The summed E-state index contributed by atoms with van der Waals surface area (Å²) in [7, 11) is 3.10. The Morgan fingerprint density at radius 3 is 2.56 bits per heavy atom. The monoisotopic (exact) mass is 495 g/mol. The quantitative estimate of drug-likeness (QED) is 0.321. The Morgan fingerprint density at radius 1 is 1.12 bits per heavy atom. The number of fused-ring (bicyclic) bond motifs is 3. The van der Waals surface area contributed by atoms with Crippen LogP contribution in [0.25, 0.3) is 27.0 Å². The molecular formula is C23H18FN5O3S2. The summed E-state index contributed by atoms with van der Waals surface area (Å²) in [5.74, 6) is 0.765. The Bertz CT molecular complexity index is 1480. The van der Waals surface area contributed by atoms with Gasteiger partial charge in [-0.05, 0) is 17.7 Å². The number of nitrogens with one attached hydrogen (secondary N) is 1. The maximum absolute atomic E-state index is 13.4. The molecule has 0 aliphatic rings. The number of methoxy groups -OCH3 is 2. The Kier molecular flexibility index (Phi) is 6.03. The average molecular weight is 496 g/mol. The minimum atomic E-state index is -0.293. The number of ether oxygens (including phenoxy) is 2. The summed E-state index contributed by atoms with van der Waals surface area (Å²) in [6.07, 6.45) is 1.65. The van der Waals surface area contributed by atoms with Crippen LogP contribution in [0.2, 0.25) is 0 Å². The number of benzene rings is 2. The van der Waals surface area contributed by atoms with Crippen LogP contribution in [-0.4, -0.2) is 45.5 Å². The van der Waals surface area contributed by atoms with Crippen LogP contribution in [-0.2, 0) is 4.79 Å². The van der Waals surface area contributed by atoms with E-state index in [9.17, 15) is 9.18 Å². The van der Waals surface area contributed by atoms with Gasteiger partial charge in [-0.15, -0.1) is 21.5 Å². The van der Waals surface area contributed by atoms with E-state index in [2.05, 4.69) is 20.5 Å². The maximum atomic E-state index is 13.4. The zero-order valence-corrected chi connectivity index (χ0v) is 19.7. The molecule has 0 radical (unpaired) electrons. The first kappa shape index (κ1) is 22.1. The summed E-state index contributed by atoms with van der Waals surface area (Å²) in [5.41, 5.74) is 2.98. The molecule has 5 aromatic rings. The summed E-state index contributed by atoms with van der Waals surface area (Å²) < 4.78 is 25.6. The van der Waals surface area contributed by atoms with Crippen molar-refractivity contribution in [1.82, 2.24) is 19.6 Å². The number of anilines is 1. The first-order chi connectivity index (χ1) is 16.6. The van der Waals surface area contributed by atoms with Gasteiger partial charge in [0.1, 0.15) is 28.5 Å². The van der Waals surface area contributed by atoms with E-state index in [4.69, 9.17) is 9.47 Å². The highest BCUT2D eigenvalue weighted by Gasteiger charge is 2.17. The largest absolute Gasteiger partial charge is 0.497 e. The van der Waals surface area contributed by atoms with Gasteiger partial charge < -0.3 is 14.8 Å². The van der Waals surface area contributed by atoms with Gasteiger partial charge in [0.15, 0.2) is 10.8 Å². The molecule has 1 amide bonds. The summed E-state index contributed by atoms with van der Waals surface area (Å²) >= 11 is 2.73. The number of carbonyl (C=O) groups excluding carboxylic acids is 1. The van der Waals surface area contributed by atoms with Crippen molar-refractivity contribution in [3.05, 3.63) is 60.0 Å². The molecule has 2 aromatic carbocycles. The molecule has 0 aliphatic carbocycles. The van der Waals surface area contributed by atoms with Crippen LogP contribution < -0.4 is 14.8 Å². The third-order valence-electron chi connectivity index (χ3n) is 5.07. The summed E-state index contributed by atoms with van der Waals surface area (Å²) in [6, 6.07) is 11.5. The Morgan fingerprint density at radius 2 is 1.85 bits per heavy atom. The molecule has 1 N–H and O–H groups in total. The molecule has 0 aliphatic heterocycles. The number of nitrogens with zero attached hydrogens (tertiary/aromatic N) is 4. The number of hydrogen-bond acceptors (Lipinski definition) is 8.